The van der Waals surface area contributed by atoms with Gasteiger partial charge >= 0.3 is 5.97 Å². The molecule has 1 N–H and O–H groups in total. The molecule has 0 saturated heterocycles. The number of hydrogen-bond donors (Lipinski definition) is 1. The van der Waals surface area contributed by atoms with Crippen molar-refractivity contribution in [2.75, 3.05) is 0 Å². The molecule has 4 heteroatoms. The maximum Gasteiger partial charge on any atom is 0.335 e. The van der Waals surface area contributed by atoms with Crippen molar-refractivity contribution in [3.05, 3.63) is 65.5 Å². The summed E-state index contributed by atoms with van der Waals surface area (Å²) in [5.74, 6) is -0.0168. The van der Waals surface area contributed by atoms with Crippen molar-refractivity contribution in [2.45, 2.75) is 19.9 Å². The van der Waals surface area contributed by atoms with Gasteiger partial charge in [0.25, 0.3) is 0 Å². The van der Waals surface area contributed by atoms with Gasteiger partial charge in [-0.2, -0.15) is 0 Å². The second-order valence-electron chi connectivity index (χ2n) is 5.05. The van der Waals surface area contributed by atoms with E-state index in [0.29, 0.717) is 0 Å². The Morgan fingerprint density at radius 3 is 2.67 bits per heavy atom. The monoisotopic (exact) mass is 280 g/mol. The number of carboxylic acids is 1. The Labute approximate surface area is 122 Å². The van der Waals surface area contributed by atoms with Crippen LogP contribution >= 0.6 is 0 Å². The number of aryl methyl sites for hydroxylation is 3. The van der Waals surface area contributed by atoms with E-state index in [4.69, 9.17) is 5.11 Å². The Morgan fingerprint density at radius 2 is 1.95 bits per heavy atom. The van der Waals surface area contributed by atoms with Crippen molar-refractivity contribution >= 4 is 17.0 Å². The lowest BCUT2D eigenvalue weighted by Gasteiger charge is -2.07. The molecular formula is C17H16N2O2. The summed E-state index contributed by atoms with van der Waals surface area (Å²) < 4.78 is 2.13. The highest BCUT2D eigenvalue weighted by atomic mass is 16.4. The Morgan fingerprint density at radius 1 is 1.19 bits per heavy atom. The molecule has 0 aliphatic heterocycles. The molecule has 0 radical (unpaired) electrons. The van der Waals surface area contributed by atoms with E-state index in [2.05, 4.69) is 21.7 Å². The summed E-state index contributed by atoms with van der Waals surface area (Å²) in [6.45, 7) is 2.78. The third-order valence-electron chi connectivity index (χ3n) is 3.65. The number of aromatic nitrogens is 2. The molecule has 1 heterocycles. The third kappa shape index (κ3) is 2.65. The number of nitrogens with zero attached hydrogens (tertiary/aromatic N) is 2. The van der Waals surface area contributed by atoms with Crippen LogP contribution < -0.4 is 0 Å². The van der Waals surface area contributed by atoms with Gasteiger partial charge in [-0.05, 0) is 37.1 Å². The summed E-state index contributed by atoms with van der Waals surface area (Å²) in [5.41, 5.74) is 3.27. The van der Waals surface area contributed by atoms with E-state index in [0.717, 1.165) is 29.8 Å². The fraction of sp³-hybridized carbons (Fsp3) is 0.176. The first-order chi connectivity index (χ1) is 10.1. The summed E-state index contributed by atoms with van der Waals surface area (Å²) in [4.78, 5) is 15.5. The molecule has 0 aliphatic carbocycles. The topological polar surface area (TPSA) is 55.1 Å². The van der Waals surface area contributed by atoms with Gasteiger partial charge in [0.15, 0.2) is 0 Å². The SMILES string of the molecule is Cc1nc2cc(C(=O)O)ccc2n1CCc1ccccc1. The van der Waals surface area contributed by atoms with Crippen LogP contribution in [0.25, 0.3) is 11.0 Å². The van der Waals surface area contributed by atoms with Crippen molar-refractivity contribution < 1.29 is 9.90 Å². The number of hydrogen-bond acceptors (Lipinski definition) is 2. The van der Waals surface area contributed by atoms with Gasteiger partial charge in [-0.25, -0.2) is 9.78 Å². The first-order valence-electron chi connectivity index (χ1n) is 6.89. The molecule has 1 aromatic heterocycles. The molecular weight excluding hydrogens is 264 g/mol. The Hall–Kier alpha value is -2.62. The Bertz CT molecular complexity index is 791. The van der Waals surface area contributed by atoms with Crippen LogP contribution in [0, 0.1) is 6.92 Å². The minimum Gasteiger partial charge on any atom is -0.478 e. The maximum atomic E-state index is 11.0. The van der Waals surface area contributed by atoms with E-state index in [9.17, 15) is 4.79 Å². The summed E-state index contributed by atoms with van der Waals surface area (Å²) >= 11 is 0. The number of carbonyl (C=O) groups is 1. The van der Waals surface area contributed by atoms with Crippen molar-refractivity contribution in [1.29, 1.82) is 0 Å². The normalized spacial score (nSPS) is 10.9. The highest BCUT2D eigenvalue weighted by Gasteiger charge is 2.10. The van der Waals surface area contributed by atoms with Gasteiger partial charge < -0.3 is 9.67 Å². The van der Waals surface area contributed by atoms with Crippen LogP contribution in [0.4, 0.5) is 0 Å². The average Bonchev–Trinajstić information content (AvgIpc) is 2.80. The molecule has 4 nitrogen and oxygen atoms in total. The van der Waals surface area contributed by atoms with Crippen LogP contribution in [0.1, 0.15) is 21.7 Å². The summed E-state index contributed by atoms with van der Waals surface area (Å²) in [7, 11) is 0. The van der Waals surface area contributed by atoms with Crippen LogP contribution in [-0.2, 0) is 13.0 Å². The zero-order chi connectivity index (χ0) is 14.8. The second kappa shape index (κ2) is 5.40. The molecule has 0 saturated carbocycles. The molecule has 3 rings (SSSR count). The van der Waals surface area contributed by atoms with Crippen molar-refractivity contribution in [3.63, 3.8) is 0 Å². The van der Waals surface area contributed by atoms with E-state index in [1.54, 1.807) is 12.1 Å². The fourth-order valence-electron chi connectivity index (χ4n) is 2.55. The molecule has 0 fully saturated rings. The number of imidazole rings is 1. The van der Waals surface area contributed by atoms with E-state index in [1.165, 1.54) is 5.56 Å². The lowest BCUT2D eigenvalue weighted by molar-refractivity contribution is 0.0697. The van der Waals surface area contributed by atoms with Gasteiger partial charge in [-0.15, -0.1) is 0 Å². The minimum atomic E-state index is -0.923. The van der Waals surface area contributed by atoms with Gasteiger partial charge in [0.05, 0.1) is 16.6 Å². The first kappa shape index (κ1) is 13.4. The zero-order valence-corrected chi connectivity index (χ0v) is 11.8. The van der Waals surface area contributed by atoms with Crippen molar-refractivity contribution in [1.82, 2.24) is 9.55 Å². The predicted molar refractivity (Wildman–Crippen MR) is 81.6 cm³/mol. The molecule has 2 aromatic carbocycles. The number of rotatable bonds is 4. The van der Waals surface area contributed by atoms with Gasteiger partial charge in [0.1, 0.15) is 5.82 Å². The van der Waals surface area contributed by atoms with Crippen LogP contribution in [-0.4, -0.2) is 20.6 Å². The third-order valence-corrected chi connectivity index (χ3v) is 3.65. The second-order valence-corrected chi connectivity index (χ2v) is 5.05. The summed E-state index contributed by atoms with van der Waals surface area (Å²) in [6.07, 6.45) is 0.924. The van der Waals surface area contributed by atoms with Gasteiger partial charge in [0.2, 0.25) is 0 Å². The Balaban J connectivity index is 1.91. The molecule has 0 atom stereocenters. The van der Waals surface area contributed by atoms with E-state index >= 15 is 0 Å². The highest BCUT2D eigenvalue weighted by molar-refractivity contribution is 5.92. The largest absolute Gasteiger partial charge is 0.478 e. The standard InChI is InChI=1S/C17H16N2O2/c1-12-18-15-11-14(17(20)21)7-8-16(15)19(12)10-9-13-5-3-2-4-6-13/h2-8,11H,9-10H2,1H3,(H,20,21). The molecule has 0 amide bonds. The molecule has 0 bridgehead atoms. The average molecular weight is 280 g/mol. The zero-order valence-electron chi connectivity index (χ0n) is 11.8. The molecule has 0 aliphatic rings. The van der Waals surface area contributed by atoms with Crippen LogP contribution in [0.2, 0.25) is 0 Å². The van der Waals surface area contributed by atoms with Gasteiger partial charge in [0, 0.05) is 6.54 Å². The number of carboxylic acid groups (broad SMARTS) is 1. The summed E-state index contributed by atoms with van der Waals surface area (Å²) in [6, 6.07) is 15.4. The number of fused-ring (bicyclic) bond motifs is 1. The summed E-state index contributed by atoms with van der Waals surface area (Å²) in [5, 5.41) is 9.04. The molecule has 0 spiro atoms. The minimum absolute atomic E-state index is 0.273. The predicted octanol–water partition coefficient (Wildman–Crippen LogP) is 3.29. The first-order valence-corrected chi connectivity index (χ1v) is 6.89. The molecule has 106 valence electrons. The van der Waals surface area contributed by atoms with Gasteiger partial charge in [-0.3, -0.25) is 0 Å². The lowest BCUT2D eigenvalue weighted by atomic mass is 10.1. The van der Waals surface area contributed by atoms with Crippen molar-refractivity contribution in [2.24, 2.45) is 0 Å². The molecule has 21 heavy (non-hydrogen) atoms. The highest BCUT2D eigenvalue weighted by Crippen LogP contribution is 2.18. The lowest BCUT2D eigenvalue weighted by Crippen LogP contribution is -2.03. The van der Waals surface area contributed by atoms with Crippen LogP contribution in [0.15, 0.2) is 48.5 Å². The number of benzene rings is 2. The Kier molecular flexibility index (Phi) is 3.44. The fourth-order valence-corrected chi connectivity index (χ4v) is 2.55. The van der Waals surface area contributed by atoms with Crippen LogP contribution in [0.5, 0.6) is 0 Å². The smallest absolute Gasteiger partial charge is 0.335 e. The van der Waals surface area contributed by atoms with Crippen LogP contribution in [0.3, 0.4) is 0 Å². The van der Waals surface area contributed by atoms with Gasteiger partial charge in [-0.1, -0.05) is 30.3 Å². The van der Waals surface area contributed by atoms with Crippen molar-refractivity contribution in [3.8, 4) is 0 Å². The van der Waals surface area contributed by atoms with E-state index in [-0.39, 0.29) is 5.56 Å². The number of aromatic carboxylic acids is 1. The van der Waals surface area contributed by atoms with E-state index < -0.39 is 5.97 Å². The van der Waals surface area contributed by atoms with E-state index in [1.807, 2.05) is 31.2 Å². The quantitative estimate of drug-likeness (QED) is 0.798. The molecule has 3 aromatic rings. The maximum absolute atomic E-state index is 11.0. The molecule has 0 unspecified atom stereocenters.